The third-order valence-corrected chi connectivity index (χ3v) is 5.36. The second-order valence-electron chi connectivity index (χ2n) is 6.83. The van der Waals surface area contributed by atoms with E-state index < -0.39 is 10.0 Å². The van der Waals surface area contributed by atoms with Gasteiger partial charge in [-0.1, -0.05) is 5.16 Å². The molecule has 0 spiro atoms. The lowest BCUT2D eigenvalue weighted by Gasteiger charge is -2.36. The van der Waals surface area contributed by atoms with Crippen LogP contribution in [-0.4, -0.2) is 54.8 Å². The van der Waals surface area contributed by atoms with E-state index in [1.165, 1.54) is 0 Å². The molecule has 1 amide bonds. The summed E-state index contributed by atoms with van der Waals surface area (Å²) < 4.78 is 30.2. The van der Waals surface area contributed by atoms with E-state index in [1.54, 1.807) is 31.2 Å². The van der Waals surface area contributed by atoms with Crippen molar-refractivity contribution in [2.75, 3.05) is 19.3 Å². The smallest absolute Gasteiger partial charge is 0.257 e. The van der Waals surface area contributed by atoms with Crippen molar-refractivity contribution < 1.29 is 17.7 Å². The van der Waals surface area contributed by atoms with E-state index in [0.717, 1.165) is 31.1 Å². The summed E-state index contributed by atoms with van der Waals surface area (Å²) in [7, 11) is -3.22. The number of nitrogens with zero attached hydrogens (tertiary/aromatic N) is 3. The molecule has 1 fully saturated rings. The second kappa shape index (κ2) is 8.18. The summed E-state index contributed by atoms with van der Waals surface area (Å²) in [6.45, 7) is 2.77. The quantitative estimate of drug-likeness (QED) is 0.806. The Kier molecular flexibility index (Phi) is 5.91. The van der Waals surface area contributed by atoms with Crippen molar-refractivity contribution in [3.05, 3.63) is 35.7 Å². The fraction of sp³-hybridized carbons (Fsp3) is 0.500. The van der Waals surface area contributed by atoms with Gasteiger partial charge in [-0.25, -0.2) is 13.1 Å². The molecule has 27 heavy (non-hydrogen) atoms. The first-order valence-electron chi connectivity index (χ1n) is 9.00. The fourth-order valence-corrected chi connectivity index (χ4v) is 3.80. The number of carbonyl (C=O) groups is 1. The van der Waals surface area contributed by atoms with Crippen molar-refractivity contribution >= 4 is 15.9 Å². The molecule has 8 nitrogen and oxygen atoms in total. The Hall–Kier alpha value is -2.26. The van der Waals surface area contributed by atoms with Crippen LogP contribution in [0.1, 0.15) is 41.9 Å². The zero-order valence-electron chi connectivity index (χ0n) is 15.5. The molecular formula is C18H24N4O4S. The van der Waals surface area contributed by atoms with Gasteiger partial charge in [0.25, 0.3) is 11.8 Å². The van der Waals surface area contributed by atoms with Gasteiger partial charge in [0.05, 0.1) is 6.26 Å². The average molecular weight is 392 g/mol. The molecule has 1 atom stereocenters. The maximum absolute atomic E-state index is 13.0. The molecule has 1 aromatic carbocycles. The zero-order chi connectivity index (χ0) is 19.4. The standard InChI is InChI=1S/C18H24N4O4S/c1-13-20-17(26-21-13)14-6-8-15(9-7-14)18(23)22-12-4-3-5-16(22)10-11-19-27(2,24)25/h6-9,16,19H,3-5,10-12H2,1-2H3. The number of sulfonamides is 1. The predicted octanol–water partition coefficient (Wildman–Crippen LogP) is 1.98. The summed E-state index contributed by atoms with van der Waals surface area (Å²) in [5.41, 5.74) is 1.36. The van der Waals surface area contributed by atoms with Crippen molar-refractivity contribution in [2.24, 2.45) is 0 Å². The molecule has 1 aliphatic heterocycles. The largest absolute Gasteiger partial charge is 0.336 e. The van der Waals surface area contributed by atoms with Crippen LogP contribution in [0.4, 0.5) is 0 Å². The molecule has 0 aliphatic carbocycles. The van der Waals surface area contributed by atoms with Crippen LogP contribution in [-0.2, 0) is 10.0 Å². The van der Waals surface area contributed by atoms with Crippen LogP contribution in [0, 0.1) is 6.92 Å². The van der Waals surface area contributed by atoms with Gasteiger partial charge < -0.3 is 9.42 Å². The molecule has 1 aromatic heterocycles. The van der Waals surface area contributed by atoms with E-state index in [2.05, 4.69) is 14.9 Å². The van der Waals surface area contributed by atoms with Crippen LogP contribution in [0.5, 0.6) is 0 Å². The molecular weight excluding hydrogens is 368 g/mol. The Morgan fingerprint density at radius 2 is 2.04 bits per heavy atom. The average Bonchev–Trinajstić information content (AvgIpc) is 3.07. The van der Waals surface area contributed by atoms with Gasteiger partial charge >= 0.3 is 0 Å². The minimum atomic E-state index is -3.22. The van der Waals surface area contributed by atoms with Gasteiger partial charge in [-0.3, -0.25) is 4.79 Å². The Labute approximate surface area is 159 Å². The van der Waals surface area contributed by atoms with Gasteiger partial charge in [-0.15, -0.1) is 0 Å². The number of carbonyl (C=O) groups excluding carboxylic acids is 1. The van der Waals surface area contributed by atoms with Crippen molar-refractivity contribution in [1.82, 2.24) is 19.8 Å². The van der Waals surface area contributed by atoms with E-state index in [4.69, 9.17) is 4.52 Å². The van der Waals surface area contributed by atoms with Crippen molar-refractivity contribution in [3.63, 3.8) is 0 Å². The Balaban J connectivity index is 1.68. The minimum absolute atomic E-state index is 0.0349. The summed E-state index contributed by atoms with van der Waals surface area (Å²) in [6, 6.07) is 7.16. The number of aryl methyl sites for hydroxylation is 1. The Morgan fingerprint density at radius 1 is 1.30 bits per heavy atom. The normalized spacial score (nSPS) is 17.9. The first-order chi connectivity index (χ1) is 12.8. The number of hydrogen-bond donors (Lipinski definition) is 1. The zero-order valence-corrected chi connectivity index (χ0v) is 16.3. The Bertz CT molecular complexity index is 892. The van der Waals surface area contributed by atoms with Crippen LogP contribution >= 0.6 is 0 Å². The van der Waals surface area contributed by atoms with Crippen molar-refractivity contribution in [1.29, 1.82) is 0 Å². The van der Waals surface area contributed by atoms with E-state index in [1.807, 2.05) is 4.90 Å². The number of likely N-dealkylation sites (tertiary alicyclic amines) is 1. The third-order valence-electron chi connectivity index (χ3n) is 4.64. The van der Waals surface area contributed by atoms with Gasteiger partial charge in [-0.2, -0.15) is 4.98 Å². The van der Waals surface area contributed by atoms with Crippen LogP contribution in [0.25, 0.3) is 11.5 Å². The number of benzene rings is 1. The molecule has 1 aliphatic rings. The lowest BCUT2D eigenvalue weighted by molar-refractivity contribution is 0.0604. The van der Waals surface area contributed by atoms with E-state index in [0.29, 0.717) is 36.8 Å². The van der Waals surface area contributed by atoms with Crippen LogP contribution in [0.3, 0.4) is 0 Å². The van der Waals surface area contributed by atoms with Crippen LogP contribution < -0.4 is 4.72 Å². The van der Waals surface area contributed by atoms with E-state index in [9.17, 15) is 13.2 Å². The van der Waals surface area contributed by atoms with Gasteiger partial charge in [0, 0.05) is 30.3 Å². The molecule has 1 unspecified atom stereocenters. The summed E-state index contributed by atoms with van der Waals surface area (Å²) in [5, 5.41) is 3.77. The number of aromatic nitrogens is 2. The Morgan fingerprint density at radius 3 is 2.67 bits per heavy atom. The highest BCUT2D eigenvalue weighted by Gasteiger charge is 2.27. The molecule has 1 saturated heterocycles. The first kappa shape index (κ1) is 19.5. The summed E-state index contributed by atoms with van der Waals surface area (Å²) in [5.74, 6) is 0.950. The van der Waals surface area contributed by atoms with Crippen molar-refractivity contribution in [3.8, 4) is 11.5 Å². The summed E-state index contributed by atoms with van der Waals surface area (Å²) >= 11 is 0. The lowest BCUT2D eigenvalue weighted by atomic mass is 9.98. The molecule has 0 radical (unpaired) electrons. The molecule has 146 valence electrons. The number of hydrogen-bond acceptors (Lipinski definition) is 6. The molecule has 0 saturated carbocycles. The van der Waals surface area contributed by atoms with Gasteiger partial charge in [0.2, 0.25) is 10.0 Å². The summed E-state index contributed by atoms with van der Waals surface area (Å²) in [4.78, 5) is 19.0. The van der Waals surface area contributed by atoms with E-state index >= 15 is 0 Å². The monoisotopic (exact) mass is 392 g/mol. The van der Waals surface area contributed by atoms with Gasteiger partial charge in [0.15, 0.2) is 5.82 Å². The first-order valence-corrected chi connectivity index (χ1v) is 10.9. The van der Waals surface area contributed by atoms with Crippen molar-refractivity contribution in [2.45, 2.75) is 38.6 Å². The molecule has 0 bridgehead atoms. The molecule has 3 rings (SSSR count). The number of amides is 1. The molecule has 9 heteroatoms. The maximum Gasteiger partial charge on any atom is 0.257 e. The molecule has 2 aromatic rings. The highest BCUT2D eigenvalue weighted by Crippen LogP contribution is 2.23. The van der Waals surface area contributed by atoms with Gasteiger partial charge in [0.1, 0.15) is 0 Å². The van der Waals surface area contributed by atoms with Crippen LogP contribution in [0.15, 0.2) is 28.8 Å². The lowest BCUT2D eigenvalue weighted by Crippen LogP contribution is -2.45. The van der Waals surface area contributed by atoms with Gasteiger partial charge in [-0.05, 0) is 56.9 Å². The highest BCUT2D eigenvalue weighted by molar-refractivity contribution is 7.88. The summed E-state index contributed by atoms with van der Waals surface area (Å²) in [6.07, 6.45) is 4.64. The SMILES string of the molecule is Cc1noc(-c2ccc(C(=O)N3CCCCC3CCNS(C)(=O)=O)cc2)n1. The number of piperidine rings is 1. The minimum Gasteiger partial charge on any atom is -0.336 e. The van der Waals surface area contributed by atoms with Crippen LogP contribution in [0.2, 0.25) is 0 Å². The fourth-order valence-electron chi connectivity index (χ4n) is 3.31. The highest BCUT2D eigenvalue weighted by atomic mass is 32.2. The maximum atomic E-state index is 13.0. The molecule has 2 heterocycles. The third kappa shape index (κ3) is 5.14. The molecule has 1 N–H and O–H groups in total. The number of nitrogens with one attached hydrogen (secondary N) is 1. The number of rotatable bonds is 6. The second-order valence-corrected chi connectivity index (χ2v) is 8.66. The predicted molar refractivity (Wildman–Crippen MR) is 101 cm³/mol. The van der Waals surface area contributed by atoms with E-state index in [-0.39, 0.29) is 11.9 Å². The topological polar surface area (TPSA) is 105 Å².